The lowest BCUT2D eigenvalue weighted by atomic mass is 10.1. The zero-order chi connectivity index (χ0) is 21.2. The molecule has 29 heavy (non-hydrogen) atoms. The van der Waals surface area contributed by atoms with Gasteiger partial charge in [-0.05, 0) is 37.0 Å². The Morgan fingerprint density at radius 1 is 1.31 bits per heavy atom. The van der Waals surface area contributed by atoms with Crippen molar-refractivity contribution in [3.05, 3.63) is 35.6 Å². The van der Waals surface area contributed by atoms with Gasteiger partial charge in [0.15, 0.2) is 6.04 Å². The van der Waals surface area contributed by atoms with Gasteiger partial charge in [0.05, 0.1) is 5.75 Å². The highest BCUT2D eigenvalue weighted by molar-refractivity contribution is 7.89. The molecule has 0 saturated carbocycles. The van der Waals surface area contributed by atoms with E-state index in [4.69, 9.17) is 0 Å². The van der Waals surface area contributed by atoms with Gasteiger partial charge in [-0.15, -0.1) is 0 Å². The largest absolute Gasteiger partial charge is 0.353 e. The van der Waals surface area contributed by atoms with Crippen LogP contribution in [0.15, 0.2) is 29.3 Å². The van der Waals surface area contributed by atoms with Crippen LogP contribution in [0.1, 0.15) is 18.4 Å². The smallest absolute Gasteiger partial charge is 0.299 e. The fourth-order valence-corrected chi connectivity index (χ4v) is 4.79. The van der Waals surface area contributed by atoms with Gasteiger partial charge in [-0.2, -0.15) is 0 Å². The van der Waals surface area contributed by atoms with Crippen molar-refractivity contribution in [2.45, 2.75) is 25.3 Å². The first-order valence-electron chi connectivity index (χ1n) is 9.13. The molecule has 0 bridgehead atoms. The first-order valence-corrected chi connectivity index (χ1v) is 10.7. The summed E-state index contributed by atoms with van der Waals surface area (Å²) in [7, 11) is -2.42. The maximum atomic E-state index is 13.2. The normalized spacial score (nSPS) is 21.7. The van der Waals surface area contributed by atoms with Gasteiger partial charge in [0.2, 0.25) is 16.0 Å². The van der Waals surface area contributed by atoms with Gasteiger partial charge < -0.3 is 5.32 Å². The van der Waals surface area contributed by atoms with Crippen molar-refractivity contribution in [3.63, 3.8) is 0 Å². The Morgan fingerprint density at radius 2 is 2.07 bits per heavy atom. The quantitative estimate of drug-likeness (QED) is 0.525. The van der Waals surface area contributed by atoms with Gasteiger partial charge in [0.1, 0.15) is 5.82 Å². The molecular weight excluding hydrogens is 403 g/mol. The molecule has 11 heteroatoms. The summed E-state index contributed by atoms with van der Waals surface area (Å²) >= 11 is 0. The number of ketones is 1. The van der Waals surface area contributed by atoms with Gasteiger partial charge >= 0.3 is 0 Å². The number of guanidine groups is 1. The fourth-order valence-electron chi connectivity index (χ4n) is 3.18. The molecule has 9 nitrogen and oxygen atoms in total. The van der Waals surface area contributed by atoms with E-state index in [1.165, 1.54) is 19.2 Å². The van der Waals surface area contributed by atoms with Gasteiger partial charge in [0, 0.05) is 20.1 Å². The molecule has 1 unspecified atom stereocenters. The number of benzene rings is 1. The van der Waals surface area contributed by atoms with Crippen molar-refractivity contribution >= 4 is 33.6 Å². The number of rotatable bonds is 4. The van der Waals surface area contributed by atoms with E-state index >= 15 is 0 Å². The number of halogens is 1. The third-order valence-corrected chi connectivity index (χ3v) is 6.55. The molecule has 3 rings (SSSR count). The SMILES string of the molecule is CN1C(=O)C(=O)C(C(=O)NCCc2cccc(F)c2)N=C1N1CCCCS1(=O)=O. The number of aliphatic imine (C=N–C) groups is 1. The molecule has 1 atom stereocenters. The molecule has 0 radical (unpaired) electrons. The topological polar surface area (TPSA) is 116 Å². The molecule has 1 aromatic rings. The summed E-state index contributed by atoms with van der Waals surface area (Å²) in [5.74, 6) is -3.55. The minimum Gasteiger partial charge on any atom is -0.353 e. The molecule has 2 aliphatic heterocycles. The van der Waals surface area contributed by atoms with Crippen molar-refractivity contribution < 1.29 is 27.2 Å². The number of carbonyl (C=O) groups is 3. The molecular formula is C18H21FN4O5S. The summed E-state index contributed by atoms with van der Waals surface area (Å²) < 4.78 is 38.9. The molecule has 1 fully saturated rings. The molecule has 1 saturated heterocycles. The van der Waals surface area contributed by atoms with Crippen molar-refractivity contribution in [2.75, 3.05) is 25.9 Å². The van der Waals surface area contributed by atoms with E-state index in [0.29, 0.717) is 24.8 Å². The second-order valence-corrected chi connectivity index (χ2v) is 8.84. The Labute approximate surface area is 167 Å². The summed E-state index contributed by atoms with van der Waals surface area (Å²) in [5, 5.41) is 2.50. The van der Waals surface area contributed by atoms with Crippen LogP contribution < -0.4 is 5.32 Å². The fraction of sp³-hybridized carbons (Fsp3) is 0.444. The second-order valence-electron chi connectivity index (χ2n) is 6.83. The van der Waals surface area contributed by atoms with Crippen LogP contribution in [-0.2, 0) is 30.8 Å². The van der Waals surface area contributed by atoms with E-state index in [0.717, 1.165) is 9.21 Å². The number of Topliss-reactive ketones (excluding diaryl/α,β-unsaturated/α-hetero) is 1. The van der Waals surface area contributed by atoms with Crippen LogP contribution >= 0.6 is 0 Å². The van der Waals surface area contributed by atoms with Crippen LogP contribution in [0.3, 0.4) is 0 Å². The molecule has 0 spiro atoms. The molecule has 0 aromatic heterocycles. The van der Waals surface area contributed by atoms with Crippen LogP contribution in [0.4, 0.5) is 4.39 Å². The summed E-state index contributed by atoms with van der Waals surface area (Å²) in [6.07, 6.45) is 1.39. The highest BCUT2D eigenvalue weighted by atomic mass is 32.2. The third kappa shape index (κ3) is 4.44. The predicted octanol–water partition coefficient (Wildman–Crippen LogP) is -0.324. The van der Waals surface area contributed by atoms with Crippen LogP contribution in [0.25, 0.3) is 0 Å². The number of hydrogen-bond acceptors (Lipinski definition) is 6. The van der Waals surface area contributed by atoms with Crippen LogP contribution in [0.5, 0.6) is 0 Å². The second kappa shape index (κ2) is 8.27. The number of amides is 2. The van der Waals surface area contributed by atoms with Crippen LogP contribution in [0, 0.1) is 5.82 Å². The van der Waals surface area contributed by atoms with Crippen molar-refractivity contribution in [2.24, 2.45) is 4.99 Å². The van der Waals surface area contributed by atoms with Crippen molar-refractivity contribution in [1.29, 1.82) is 0 Å². The number of carbonyl (C=O) groups excluding carboxylic acids is 3. The van der Waals surface area contributed by atoms with Crippen molar-refractivity contribution in [1.82, 2.24) is 14.5 Å². The summed E-state index contributed by atoms with van der Waals surface area (Å²) in [6.45, 7) is 0.226. The zero-order valence-corrected chi connectivity index (χ0v) is 16.6. The Bertz CT molecular complexity index is 978. The highest BCUT2D eigenvalue weighted by Crippen LogP contribution is 2.19. The maximum Gasteiger partial charge on any atom is 0.299 e. The number of sulfonamides is 1. The first kappa shape index (κ1) is 20.9. The lowest BCUT2D eigenvalue weighted by molar-refractivity contribution is -0.145. The molecule has 2 amide bonds. The molecule has 2 aliphatic rings. The zero-order valence-electron chi connectivity index (χ0n) is 15.8. The summed E-state index contributed by atoms with van der Waals surface area (Å²) in [5.41, 5.74) is 0.652. The van der Waals surface area contributed by atoms with Gasteiger partial charge in [-0.1, -0.05) is 12.1 Å². The van der Waals surface area contributed by atoms with E-state index < -0.39 is 39.5 Å². The summed E-state index contributed by atoms with van der Waals surface area (Å²) in [6, 6.07) is 4.21. The van der Waals surface area contributed by atoms with Gasteiger partial charge in [-0.3, -0.25) is 19.3 Å². The number of hydrogen-bond donors (Lipinski definition) is 1. The molecule has 1 aromatic carbocycles. The summed E-state index contributed by atoms with van der Waals surface area (Å²) in [4.78, 5) is 41.9. The minimum absolute atomic E-state index is 0.0908. The Balaban J connectivity index is 1.75. The standard InChI is InChI=1S/C18H21FN4O5S/c1-22-17(26)15(24)14(21-18(22)23-9-2-3-10-29(23,27)28)16(25)20-8-7-12-5-4-6-13(19)11-12/h4-6,11,14H,2-3,7-10H2,1H3,(H,20,25). The first-order chi connectivity index (χ1) is 13.7. The van der Waals surface area contributed by atoms with Gasteiger partial charge in [0.25, 0.3) is 17.6 Å². The van der Waals surface area contributed by atoms with E-state index in [2.05, 4.69) is 10.3 Å². The molecule has 156 valence electrons. The van der Waals surface area contributed by atoms with E-state index in [1.807, 2.05) is 0 Å². The van der Waals surface area contributed by atoms with Crippen molar-refractivity contribution in [3.8, 4) is 0 Å². The van der Waals surface area contributed by atoms with Crippen LogP contribution in [-0.4, -0.2) is 73.1 Å². The minimum atomic E-state index is -3.67. The number of likely N-dealkylation sites (N-methyl/N-ethyl adjacent to an activating group) is 1. The monoisotopic (exact) mass is 424 g/mol. The van der Waals surface area contributed by atoms with E-state index in [-0.39, 0.29) is 24.8 Å². The predicted molar refractivity (Wildman–Crippen MR) is 102 cm³/mol. The number of nitrogens with zero attached hydrogens (tertiary/aromatic N) is 3. The molecule has 0 aliphatic carbocycles. The lowest BCUT2D eigenvalue weighted by Gasteiger charge is -2.35. The van der Waals surface area contributed by atoms with Crippen LogP contribution in [0.2, 0.25) is 0 Å². The molecule has 1 N–H and O–H groups in total. The Hall–Kier alpha value is -2.82. The third-order valence-electron chi connectivity index (χ3n) is 4.73. The number of nitrogens with one attached hydrogen (secondary N) is 1. The Morgan fingerprint density at radius 3 is 2.76 bits per heavy atom. The Kier molecular flexibility index (Phi) is 5.96. The van der Waals surface area contributed by atoms with Gasteiger partial charge in [-0.25, -0.2) is 22.1 Å². The van der Waals surface area contributed by atoms with E-state index in [1.54, 1.807) is 12.1 Å². The lowest BCUT2D eigenvalue weighted by Crippen LogP contribution is -2.59. The highest BCUT2D eigenvalue weighted by Gasteiger charge is 2.43. The van der Waals surface area contributed by atoms with E-state index in [9.17, 15) is 27.2 Å². The average Bonchev–Trinajstić information content (AvgIpc) is 2.67. The molecule has 2 heterocycles. The maximum absolute atomic E-state index is 13.2. The average molecular weight is 424 g/mol.